The molecule has 0 N–H and O–H groups in total. The summed E-state index contributed by atoms with van der Waals surface area (Å²) in [6, 6.07) is 0. The minimum absolute atomic E-state index is 0.0640. The van der Waals surface area contributed by atoms with E-state index in [-0.39, 0.29) is 31.1 Å². The van der Waals surface area contributed by atoms with Gasteiger partial charge in [0.05, 0.1) is 0 Å². The van der Waals surface area contributed by atoms with Crippen LogP contribution in [0.25, 0.3) is 0 Å². The largest absolute Gasteiger partial charge is 0.462 e. The SMILES string of the molecule is CCC(C)CCCCCCCCCCCCCCCCCCCCC(=O)OC[C@@H](COC(=O)CCCCCCCCCC(C)C)OC(=O)CCCCCCCCCCCCCCCC(C)C. The highest BCUT2D eigenvalue weighted by Gasteiger charge is 2.19. The maximum absolute atomic E-state index is 12.8. The predicted molar refractivity (Wildman–Crippen MR) is 284 cm³/mol. The quantitative estimate of drug-likeness (QED) is 0.0343. The van der Waals surface area contributed by atoms with E-state index in [1.54, 1.807) is 0 Å². The Morgan fingerprint density at radius 2 is 0.530 bits per heavy atom. The smallest absolute Gasteiger partial charge is 0.306 e. The molecule has 1 unspecified atom stereocenters. The summed E-state index contributed by atoms with van der Waals surface area (Å²) < 4.78 is 16.9. The summed E-state index contributed by atoms with van der Waals surface area (Å²) in [7, 11) is 0. The number of carbonyl (C=O) groups excluding carboxylic acids is 3. The van der Waals surface area contributed by atoms with E-state index in [0.717, 1.165) is 75.5 Å². The molecule has 0 saturated carbocycles. The fourth-order valence-electron chi connectivity index (χ4n) is 9.14. The molecule has 0 radical (unpaired) electrons. The standard InChI is InChI=1S/C60H116O6/c1-7-56(6)48-42-36-30-24-20-16-12-10-8-9-11-13-17-21-25-31-37-43-49-58(61)64-52-57(53-65-59(62)50-44-38-33-27-29-35-41-47-55(4)5)66-60(63)51-45-39-32-26-22-18-14-15-19-23-28-34-40-46-54(2)3/h54-57H,7-53H2,1-6H3/t56?,57-/m0/s1. The van der Waals surface area contributed by atoms with Crippen molar-refractivity contribution in [2.75, 3.05) is 13.2 Å². The Hall–Kier alpha value is -1.59. The molecule has 0 heterocycles. The molecule has 0 aromatic carbocycles. The number of ether oxygens (including phenoxy) is 3. The summed E-state index contributed by atoms with van der Waals surface area (Å²) in [5, 5.41) is 0. The van der Waals surface area contributed by atoms with Crippen LogP contribution in [-0.2, 0) is 28.6 Å². The maximum atomic E-state index is 12.8. The van der Waals surface area contributed by atoms with Gasteiger partial charge in [0.25, 0.3) is 0 Å². The van der Waals surface area contributed by atoms with Crippen molar-refractivity contribution < 1.29 is 28.6 Å². The van der Waals surface area contributed by atoms with E-state index in [1.807, 2.05) is 0 Å². The number of carbonyl (C=O) groups is 3. The van der Waals surface area contributed by atoms with Crippen molar-refractivity contribution in [3.8, 4) is 0 Å². The molecule has 6 heteroatoms. The Kier molecular flexibility index (Phi) is 50.0. The number of hydrogen-bond acceptors (Lipinski definition) is 6. The van der Waals surface area contributed by atoms with Crippen LogP contribution in [0.3, 0.4) is 0 Å². The second-order valence-corrected chi connectivity index (χ2v) is 21.8. The molecule has 0 spiro atoms. The molecular formula is C60H116O6. The molecule has 66 heavy (non-hydrogen) atoms. The highest BCUT2D eigenvalue weighted by molar-refractivity contribution is 5.71. The van der Waals surface area contributed by atoms with Crippen molar-refractivity contribution >= 4 is 17.9 Å². The minimum Gasteiger partial charge on any atom is -0.462 e. The molecule has 392 valence electrons. The van der Waals surface area contributed by atoms with Crippen LogP contribution in [0.2, 0.25) is 0 Å². The van der Waals surface area contributed by atoms with Crippen LogP contribution >= 0.6 is 0 Å². The van der Waals surface area contributed by atoms with Crippen molar-refractivity contribution in [2.24, 2.45) is 17.8 Å². The van der Waals surface area contributed by atoms with Gasteiger partial charge in [-0.1, -0.05) is 292 Å². The molecule has 0 bridgehead atoms. The molecule has 0 aliphatic rings. The summed E-state index contributed by atoms with van der Waals surface area (Å²) in [6.07, 6.45) is 53.9. The van der Waals surface area contributed by atoms with E-state index in [9.17, 15) is 14.4 Å². The molecule has 0 aromatic rings. The van der Waals surface area contributed by atoms with Crippen LogP contribution in [0.4, 0.5) is 0 Å². The van der Waals surface area contributed by atoms with Crippen molar-refractivity contribution in [2.45, 2.75) is 337 Å². The third kappa shape index (κ3) is 51.8. The number of rotatable bonds is 53. The van der Waals surface area contributed by atoms with Crippen molar-refractivity contribution in [3.05, 3.63) is 0 Å². The third-order valence-corrected chi connectivity index (χ3v) is 14.0. The van der Waals surface area contributed by atoms with E-state index < -0.39 is 6.10 Å². The topological polar surface area (TPSA) is 78.9 Å². The lowest BCUT2D eigenvalue weighted by molar-refractivity contribution is -0.167. The molecule has 0 rings (SSSR count). The molecule has 0 amide bonds. The zero-order chi connectivity index (χ0) is 48.4. The maximum Gasteiger partial charge on any atom is 0.306 e. The normalized spacial score (nSPS) is 12.5. The Balaban J connectivity index is 4.20. The zero-order valence-corrected chi connectivity index (χ0v) is 45.5. The summed E-state index contributed by atoms with van der Waals surface area (Å²) in [5.74, 6) is 1.68. The Bertz CT molecular complexity index is 1020. The molecule has 0 aromatic heterocycles. The van der Waals surface area contributed by atoms with Gasteiger partial charge in [0.15, 0.2) is 6.10 Å². The first kappa shape index (κ1) is 64.4. The number of hydrogen-bond donors (Lipinski definition) is 0. The summed E-state index contributed by atoms with van der Waals surface area (Å²) in [6.45, 7) is 13.8. The number of esters is 3. The highest BCUT2D eigenvalue weighted by atomic mass is 16.6. The van der Waals surface area contributed by atoms with Gasteiger partial charge in [0.1, 0.15) is 13.2 Å². The minimum atomic E-state index is -0.764. The highest BCUT2D eigenvalue weighted by Crippen LogP contribution is 2.19. The van der Waals surface area contributed by atoms with Crippen molar-refractivity contribution in [1.29, 1.82) is 0 Å². The molecule has 0 aliphatic heterocycles. The second-order valence-electron chi connectivity index (χ2n) is 21.8. The van der Waals surface area contributed by atoms with E-state index in [4.69, 9.17) is 14.2 Å². The Labute approximate surface area is 412 Å². The van der Waals surface area contributed by atoms with Gasteiger partial charge in [0.2, 0.25) is 0 Å². The molecular weight excluding hydrogens is 817 g/mol. The van der Waals surface area contributed by atoms with Gasteiger partial charge in [0, 0.05) is 19.3 Å². The van der Waals surface area contributed by atoms with E-state index in [1.165, 1.54) is 212 Å². The van der Waals surface area contributed by atoms with Crippen LogP contribution in [0.5, 0.6) is 0 Å². The van der Waals surface area contributed by atoms with E-state index in [2.05, 4.69) is 41.5 Å². The van der Waals surface area contributed by atoms with Gasteiger partial charge in [-0.25, -0.2) is 0 Å². The van der Waals surface area contributed by atoms with E-state index >= 15 is 0 Å². The van der Waals surface area contributed by atoms with Crippen molar-refractivity contribution in [1.82, 2.24) is 0 Å². The lowest BCUT2D eigenvalue weighted by Crippen LogP contribution is -2.30. The average molecular weight is 934 g/mol. The van der Waals surface area contributed by atoms with Crippen LogP contribution in [0, 0.1) is 17.8 Å². The second kappa shape index (κ2) is 51.3. The first-order valence-corrected chi connectivity index (χ1v) is 29.6. The predicted octanol–water partition coefficient (Wildman–Crippen LogP) is 19.5. The average Bonchev–Trinajstić information content (AvgIpc) is 3.29. The van der Waals surface area contributed by atoms with Crippen LogP contribution < -0.4 is 0 Å². The molecule has 0 saturated heterocycles. The summed E-state index contributed by atoms with van der Waals surface area (Å²) in [5.41, 5.74) is 0. The molecule has 0 fully saturated rings. The van der Waals surface area contributed by atoms with Crippen LogP contribution in [0.15, 0.2) is 0 Å². The van der Waals surface area contributed by atoms with Gasteiger partial charge < -0.3 is 14.2 Å². The molecule has 0 aliphatic carbocycles. The first-order chi connectivity index (χ1) is 32.1. The van der Waals surface area contributed by atoms with Gasteiger partial charge in [-0.2, -0.15) is 0 Å². The van der Waals surface area contributed by atoms with Gasteiger partial charge >= 0.3 is 17.9 Å². The summed E-state index contributed by atoms with van der Waals surface area (Å²) in [4.78, 5) is 38.1. The zero-order valence-electron chi connectivity index (χ0n) is 45.5. The van der Waals surface area contributed by atoms with Crippen LogP contribution in [-0.4, -0.2) is 37.2 Å². The fraction of sp³-hybridized carbons (Fsp3) is 0.950. The number of unbranched alkanes of at least 4 members (excludes halogenated alkanes) is 35. The molecule has 6 nitrogen and oxygen atoms in total. The van der Waals surface area contributed by atoms with Crippen LogP contribution in [0.1, 0.15) is 330 Å². The van der Waals surface area contributed by atoms with Gasteiger partial charge in [-0.15, -0.1) is 0 Å². The van der Waals surface area contributed by atoms with Gasteiger partial charge in [-0.3, -0.25) is 14.4 Å². The monoisotopic (exact) mass is 933 g/mol. The van der Waals surface area contributed by atoms with E-state index in [0.29, 0.717) is 19.3 Å². The molecule has 2 atom stereocenters. The lowest BCUT2D eigenvalue weighted by atomic mass is 9.99. The van der Waals surface area contributed by atoms with Crippen molar-refractivity contribution in [3.63, 3.8) is 0 Å². The Morgan fingerprint density at radius 3 is 0.788 bits per heavy atom. The third-order valence-electron chi connectivity index (χ3n) is 14.0. The fourth-order valence-corrected chi connectivity index (χ4v) is 9.14. The van der Waals surface area contributed by atoms with Gasteiger partial charge in [-0.05, 0) is 37.0 Å². The lowest BCUT2D eigenvalue weighted by Gasteiger charge is -2.18. The Morgan fingerprint density at radius 1 is 0.303 bits per heavy atom. The first-order valence-electron chi connectivity index (χ1n) is 29.6. The summed E-state index contributed by atoms with van der Waals surface area (Å²) >= 11 is 0.